The molecular weight excluding hydrogens is 316 g/mol. The Morgan fingerprint density at radius 3 is 2.80 bits per heavy atom. The second-order valence-corrected chi connectivity index (χ2v) is 7.33. The maximum atomic E-state index is 12.4. The molecule has 134 valence electrons. The highest BCUT2D eigenvalue weighted by atomic mass is 16.1. The average molecular weight is 342 g/mol. The first-order valence-corrected chi connectivity index (χ1v) is 9.13. The summed E-state index contributed by atoms with van der Waals surface area (Å²) in [5.74, 6) is 0.310. The van der Waals surface area contributed by atoms with Gasteiger partial charge in [-0.25, -0.2) is 4.98 Å². The molecule has 2 atom stereocenters. The van der Waals surface area contributed by atoms with Gasteiger partial charge in [0, 0.05) is 39.1 Å². The first-order valence-electron chi connectivity index (χ1n) is 9.13. The van der Waals surface area contributed by atoms with Gasteiger partial charge in [0.05, 0.1) is 18.1 Å². The van der Waals surface area contributed by atoms with Gasteiger partial charge in [-0.2, -0.15) is 5.10 Å². The van der Waals surface area contributed by atoms with E-state index in [0.29, 0.717) is 30.2 Å². The molecule has 0 radical (unpaired) electrons. The molecule has 2 aliphatic rings. The minimum Gasteiger partial charge on any atom is -0.350 e. The van der Waals surface area contributed by atoms with Crippen LogP contribution in [-0.2, 0) is 14.1 Å². The Balaban J connectivity index is 1.50. The highest BCUT2D eigenvalue weighted by Gasteiger charge is 2.41. The Bertz CT molecular complexity index is 746. The highest BCUT2D eigenvalue weighted by molar-refractivity contribution is 5.91. The van der Waals surface area contributed by atoms with Gasteiger partial charge in [-0.1, -0.05) is 0 Å². The molecule has 1 aliphatic heterocycles. The van der Waals surface area contributed by atoms with E-state index < -0.39 is 0 Å². The molecule has 4 rings (SSSR count). The van der Waals surface area contributed by atoms with E-state index in [4.69, 9.17) is 0 Å². The number of amides is 1. The molecule has 0 unspecified atom stereocenters. The van der Waals surface area contributed by atoms with Gasteiger partial charge in [-0.3, -0.25) is 14.4 Å². The van der Waals surface area contributed by atoms with Gasteiger partial charge < -0.3 is 9.88 Å². The summed E-state index contributed by atoms with van der Waals surface area (Å²) >= 11 is 0. The molecule has 1 amide bonds. The molecule has 1 saturated heterocycles. The molecule has 1 N–H and O–H groups in total. The molecule has 7 nitrogen and oxygen atoms in total. The number of nitrogens with zero attached hydrogens (tertiary/aromatic N) is 5. The van der Waals surface area contributed by atoms with E-state index in [1.807, 2.05) is 25.0 Å². The van der Waals surface area contributed by atoms with Crippen LogP contribution in [0.4, 0.5) is 0 Å². The quantitative estimate of drug-likeness (QED) is 0.894. The predicted molar refractivity (Wildman–Crippen MR) is 93.9 cm³/mol. The van der Waals surface area contributed by atoms with Gasteiger partial charge in [0.2, 0.25) is 0 Å². The third kappa shape index (κ3) is 3.33. The fraction of sp³-hybridized carbons (Fsp3) is 0.611. The molecule has 1 aliphatic carbocycles. The van der Waals surface area contributed by atoms with E-state index in [1.165, 1.54) is 25.0 Å². The number of carbonyl (C=O) groups excluding carboxylic acids is 1. The Morgan fingerprint density at radius 1 is 1.32 bits per heavy atom. The summed E-state index contributed by atoms with van der Waals surface area (Å²) in [7, 11) is 3.88. The Kier molecular flexibility index (Phi) is 4.33. The average Bonchev–Trinajstić information content (AvgIpc) is 3.23. The topological polar surface area (TPSA) is 68.0 Å². The summed E-state index contributed by atoms with van der Waals surface area (Å²) < 4.78 is 3.78. The molecule has 7 heteroatoms. The third-order valence-electron chi connectivity index (χ3n) is 5.44. The molecular formula is C18H26N6O. The van der Waals surface area contributed by atoms with Crippen molar-refractivity contribution in [3.63, 3.8) is 0 Å². The van der Waals surface area contributed by atoms with Crippen molar-refractivity contribution in [3.8, 4) is 0 Å². The smallest absolute Gasteiger partial charge is 0.271 e. The van der Waals surface area contributed by atoms with Crippen molar-refractivity contribution < 1.29 is 4.79 Å². The lowest BCUT2D eigenvalue weighted by atomic mass is 9.86. The van der Waals surface area contributed by atoms with Crippen LogP contribution in [0.1, 0.15) is 47.9 Å². The number of aromatic nitrogens is 4. The van der Waals surface area contributed by atoms with Crippen LogP contribution in [-0.4, -0.2) is 49.3 Å². The van der Waals surface area contributed by atoms with Crippen molar-refractivity contribution in [1.29, 1.82) is 0 Å². The minimum absolute atomic E-state index is 0.0899. The number of likely N-dealkylation sites (tertiary alicyclic amines) is 1. The number of hydrogen-bond donors (Lipinski definition) is 1. The van der Waals surface area contributed by atoms with Gasteiger partial charge in [-0.05, 0) is 44.2 Å². The van der Waals surface area contributed by atoms with Gasteiger partial charge in [0.25, 0.3) is 5.91 Å². The zero-order valence-electron chi connectivity index (χ0n) is 14.9. The van der Waals surface area contributed by atoms with Crippen molar-refractivity contribution in [2.75, 3.05) is 13.1 Å². The summed E-state index contributed by atoms with van der Waals surface area (Å²) in [5, 5.41) is 7.48. The number of hydrogen-bond acceptors (Lipinski definition) is 4. The molecule has 2 fully saturated rings. The fourth-order valence-electron chi connectivity index (χ4n) is 4.06. The van der Waals surface area contributed by atoms with Crippen LogP contribution in [0.3, 0.4) is 0 Å². The molecule has 25 heavy (non-hydrogen) atoms. The van der Waals surface area contributed by atoms with Crippen LogP contribution in [0, 0.1) is 5.92 Å². The second-order valence-electron chi connectivity index (χ2n) is 7.33. The Labute approximate surface area is 148 Å². The van der Waals surface area contributed by atoms with E-state index in [9.17, 15) is 4.79 Å². The van der Waals surface area contributed by atoms with Gasteiger partial charge >= 0.3 is 0 Å². The number of aryl methyl sites for hydroxylation is 2. The number of carbonyl (C=O) groups is 1. The van der Waals surface area contributed by atoms with Crippen LogP contribution >= 0.6 is 0 Å². The zero-order valence-corrected chi connectivity index (χ0v) is 14.9. The zero-order chi connectivity index (χ0) is 17.4. The molecule has 3 heterocycles. The Hall–Kier alpha value is -2.15. The maximum absolute atomic E-state index is 12.4. The van der Waals surface area contributed by atoms with Gasteiger partial charge in [0.15, 0.2) is 0 Å². The van der Waals surface area contributed by atoms with Crippen LogP contribution in [0.25, 0.3) is 0 Å². The number of piperidine rings is 1. The number of rotatable bonds is 5. The molecule has 0 spiro atoms. The van der Waals surface area contributed by atoms with Crippen molar-refractivity contribution in [2.24, 2.45) is 20.0 Å². The lowest BCUT2D eigenvalue weighted by Gasteiger charge is -2.41. The van der Waals surface area contributed by atoms with Gasteiger partial charge in [-0.15, -0.1) is 0 Å². The molecule has 0 bridgehead atoms. The third-order valence-corrected chi connectivity index (χ3v) is 5.44. The second kappa shape index (κ2) is 6.63. The normalized spacial score (nSPS) is 24.4. The van der Waals surface area contributed by atoms with Crippen molar-refractivity contribution >= 4 is 5.91 Å². The van der Waals surface area contributed by atoms with E-state index in [1.54, 1.807) is 17.1 Å². The van der Waals surface area contributed by atoms with Crippen LogP contribution in [0.2, 0.25) is 0 Å². The van der Waals surface area contributed by atoms with Crippen LogP contribution in [0.5, 0.6) is 0 Å². The summed E-state index contributed by atoms with van der Waals surface area (Å²) in [6.45, 7) is 1.82. The van der Waals surface area contributed by atoms with Crippen LogP contribution < -0.4 is 5.32 Å². The van der Waals surface area contributed by atoms with E-state index in [2.05, 4.69) is 26.4 Å². The number of nitrogens with one attached hydrogen (secondary N) is 1. The van der Waals surface area contributed by atoms with Crippen LogP contribution in [0.15, 0.2) is 24.8 Å². The lowest BCUT2D eigenvalue weighted by molar-refractivity contribution is 0.0726. The monoisotopic (exact) mass is 342 g/mol. The highest BCUT2D eigenvalue weighted by Crippen LogP contribution is 2.42. The van der Waals surface area contributed by atoms with Crippen molar-refractivity contribution in [1.82, 2.24) is 29.5 Å². The molecule has 2 aromatic rings. The number of imidazole rings is 1. The van der Waals surface area contributed by atoms with E-state index in [0.717, 1.165) is 13.0 Å². The predicted octanol–water partition coefficient (Wildman–Crippen LogP) is 1.50. The molecule has 1 saturated carbocycles. The largest absolute Gasteiger partial charge is 0.350 e. The standard InChI is InChI=1S/C18H26N6O/c1-22-11-15(20-12-22)18(25)19-10-13-4-3-9-24(14-5-6-14)17(13)16-7-8-21-23(16)2/h7-8,11-14,17H,3-6,9-10H2,1-2H3,(H,19,25)/t13-,17+/m0/s1. The minimum atomic E-state index is -0.0899. The van der Waals surface area contributed by atoms with Crippen molar-refractivity contribution in [2.45, 2.75) is 37.8 Å². The summed E-state index contributed by atoms with van der Waals surface area (Å²) in [4.78, 5) is 19.1. The SMILES string of the molecule is Cn1cnc(C(=O)NC[C@@H]2CCCN(C3CC3)[C@H]2c2ccnn2C)c1. The fourth-order valence-corrected chi connectivity index (χ4v) is 4.06. The van der Waals surface area contributed by atoms with E-state index >= 15 is 0 Å². The van der Waals surface area contributed by atoms with Crippen molar-refractivity contribution in [3.05, 3.63) is 36.2 Å². The summed E-state index contributed by atoms with van der Waals surface area (Å²) in [6, 6.07) is 3.16. The maximum Gasteiger partial charge on any atom is 0.271 e. The van der Waals surface area contributed by atoms with E-state index in [-0.39, 0.29) is 5.91 Å². The van der Waals surface area contributed by atoms with Gasteiger partial charge in [0.1, 0.15) is 5.69 Å². The first-order chi connectivity index (χ1) is 12.1. The summed E-state index contributed by atoms with van der Waals surface area (Å²) in [6.07, 6.45) is 10.2. The summed E-state index contributed by atoms with van der Waals surface area (Å²) in [5.41, 5.74) is 1.73. The first kappa shape index (κ1) is 16.3. The Morgan fingerprint density at radius 2 is 2.16 bits per heavy atom. The lowest BCUT2D eigenvalue weighted by Crippen LogP contribution is -2.45. The molecule has 2 aromatic heterocycles. The molecule has 0 aromatic carbocycles.